The summed E-state index contributed by atoms with van der Waals surface area (Å²) in [6, 6.07) is 7.88. The fourth-order valence-corrected chi connectivity index (χ4v) is 1.29. The molecule has 0 spiro atoms. The third kappa shape index (κ3) is 3.75. The van der Waals surface area contributed by atoms with Crippen LogP contribution >= 0.6 is 12.2 Å². The van der Waals surface area contributed by atoms with Crippen LogP contribution in [0.2, 0.25) is 0 Å². The van der Waals surface area contributed by atoms with E-state index in [2.05, 4.69) is 6.92 Å². The molecule has 0 bridgehead atoms. The quantitative estimate of drug-likeness (QED) is 0.756. The fourth-order valence-electron chi connectivity index (χ4n) is 1.12. The SMILES string of the molecule is CCCOc1ccc(CC(N)=S)cc1. The Bertz CT molecular complexity index is 295. The minimum Gasteiger partial charge on any atom is -0.494 e. The lowest BCUT2D eigenvalue weighted by atomic mass is 10.1. The Labute approximate surface area is 90.1 Å². The molecule has 0 radical (unpaired) electrons. The fraction of sp³-hybridized carbons (Fsp3) is 0.364. The normalized spacial score (nSPS) is 9.79. The van der Waals surface area contributed by atoms with E-state index in [1.165, 1.54) is 0 Å². The summed E-state index contributed by atoms with van der Waals surface area (Å²) in [5.74, 6) is 0.901. The van der Waals surface area contributed by atoms with Crippen molar-refractivity contribution in [1.29, 1.82) is 0 Å². The highest BCUT2D eigenvalue weighted by Crippen LogP contribution is 2.12. The molecule has 0 amide bonds. The second kappa shape index (κ2) is 5.60. The molecule has 1 rings (SSSR count). The van der Waals surface area contributed by atoms with Gasteiger partial charge in [0.05, 0.1) is 11.6 Å². The summed E-state index contributed by atoms with van der Waals surface area (Å²) in [4.78, 5) is 0.521. The number of benzene rings is 1. The van der Waals surface area contributed by atoms with Gasteiger partial charge in [0, 0.05) is 6.42 Å². The smallest absolute Gasteiger partial charge is 0.119 e. The van der Waals surface area contributed by atoms with Gasteiger partial charge in [0.2, 0.25) is 0 Å². The number of hydrogen-bond donors (Lipinski definition) is 1. The summed E-state index contributed by atoms with van der Waals surface area (Å²) in [5, 5.41) is 0. The van der Waals surface area contributed by atoms with Gasteiger partial charge in [-0.05, 0) is 24.1 Å². The van der Waals surface area contributed by atoms with E-state index in [1.54, 1.807) is 0 Å². The highest BCUT2D eigenvalue weighted by molar-refractivity contribution is 7.80. The first-order chi connectivity index (χ1) is 6.72. The molecule has 3 heteroatoms. The summed E-state index contributed by atoms with van der Waals surface area (Å²) >= 11 is 4.83. The minimum atomic E-state index is 0.521. The zero-order valence-corrected chi connectivity index (χ0v) is 9.14. The molecule has 0 aliphatic carbocycles. The molecule has 76 valence electrons. The van der Waals surface area contributed by atoms with Crippen LogP contribution in [-0.4, -0.2) is 11.6 Å². The molecule has 2 N–H and O–H groups in total. The van der Waals surface area contributed by atoms with Gasteiger partial charge in [0.15, 0.2) is 0 Å². The van der Waals surface area contributed by atoms with Crippen molar-refractivity contribution in [2.75, 3.05) is 6.61 Å². The van der Waals surface area contributed by atoms with Crippen molar-refractivity contribution in [2.45, 2.75) is 19.8 Å². The average Bonchev–Trinajstić information content (AvgIpc) is 2.16. The van der Waals surface area contributed by atoms with Crippen LogP contribution in [-0.2, 0) is 6.42 Å². The summed E-state index contributed by atoms with van der Waals surface area (Å²) in [6.45, 7) is 2.84. The van der Waals surface area contributed by atoms with Crippen LogP contribution < -0.4 is 10.5 Å². The molecule has 2 nitrogen and oxygen atoms in total. The van der Waals surface area contributed by atoms with Crippen molar-refractivity contribution in [2.24, 2.45) is 5.73 Å². The van der Waals surface area contributed by atoms with Gasteiger partial charge in [-0.15, -0.1) is 0 Å². The van der Waals surface area contributed by atoms with Crippen LogP contribution in [0.5, 0.6) is 5.75 Å². The molecule has 1 aromatic rings. The highest BCUT2D eigenvalue weighted by Gasteiger charge is 1.96. The number of hydrogen-bond acceptors (Lipinski definition) is 2. The Balaban J connectivity index is 2.54. The molecule has 0 atom stereocenters. The summed E-state index contributed by atoms with van der Waals surface area (Å²) < 4.78 is 5.45. The molecule has 0 heterocycles. The lowest BCUT2D eigenvalue weighted by Gasteiger charge is -2.05. The predicted molar refractivity (Wildman–Crippen MR) is 62.7 cm³/mol. The first-order valence-electron chi connectivity index (χ1n) is 4.72. The largest absolute Gasteiger partial charge is 0.494 e. The summed E-state index contributed by atoms with van der Waals surface area (Å²) in [6.07, 6.45) is 1.68. The minimum absolute atomic E-state index is 0.521. The summed E-state index contributed by atoms with van der Waals surface area (Å²) in [5.41, 5.74) is 6.57. The average molecular weight is 209 g/mol. The Hall–Kier alpha value is -1.09. The van der Waals surface area contributed by atoms with Crippen molar-refractivity contribution >= 4 is 17.2 Å². The maximum atomic E-state index is 5.45. The first kappa shape index (κ1) is 11.0. The van der Waals surface area contributed by atoms with E-state index in [-0.39, 0.29) is 0 Å². The lowest BCUT2D eigenvalue weighted by molar-refractivity contribution is 0.317. The van der Waals surface area contributed by atoms with Gasteiger partial charge in [-0.3, -0.25) is 0 Å². The van der Waals surface area contributed by atoms with Crippen LogP contribution in [0.4, 0.5) is 0 Å². The summed E-state index contributed by atoms with van der Waals surface area (Å²) in [7, 11) is 0. The van der Waals surface area contributed by atoms with Gasteiger partial charge in [-0.1, -0.05) is 31.3 Å². The molecule has 0 saturated heterocycles. The van der Waals surface area contributed by atoms with E-state index in [1.807, 2.05) is 24.3 Å². The monoisotopic (exact) mass is 209 g/mol. The predicted octanol–water partition coefficient (Wildman–Crippen LogP) is 2.30. The van der Waals surface area contributed by atoms with Crippen molar-refractivity contribution < 1.29 is 4.74 Å². The van der Waals surface area contributed by atoms with Crippen LogP contribution in [0.1, 0.15) is 18.9 Å². The maximum Gasteiger partial charge on any atom is 0.119 e. The molecule has 0 fully saturated rings. The second-order valence-electron chi connectivity index (χ2n) is 3.14. The lowest BCUT2D eigenvalue weighted by Crippen LogP contribution is -2.10. The Kier molecular flexibility index (Phi) is 4.40. The number of rotatable bonds is 5. The van der Waals surface area contributed by atoms with E-state index in [0.717, 1.165) is 24.3 Å². The van der Waals surface area contributed by atoms with Gasteiger partial charge >= 0.3 is 0 Å². The van der Waals surface area contributed by atoms with Gasteiger partial charge < -0.3 is 10.5 Å². The van der Waals surface area contributed by atoms with Crippen LogP contribution in [0.3, 0.4) is 0 Å². The second-order valence-corrected chi connectivity index (χ2v) is 3.66. The standard InChI is InChI=1S/C11H15NOS/c1-2-7-13-10-5-3-9(4-6-10)8-11(12)14/h3-6H,2,7-8H2,1H3,(H2,12,14). The van der Waals surface area contributed by atoms with Gasteiger partial charge in [0.1, 0.15) is 5.75 Å². The number of ether oxygens (including phenoxy) is 1. The van der Waals surface area contributed by atoms with Crippen molar-refractivity contribution in [3.63, 3.8) is 0 Å². The third-order valence-corrected chi connectivity index (χ3v) is 1.92. The molecule has 0 aromatic heterocycles. The number of thiocarbonyl (C=S) groups is 1. The Morgan fingerprint density at radius 3 is 2.50 bits per heavy atom. The van der Waals surface area contributed by atoms with Gasteiger partial charge in [0.25, 0.3) is 0 Å². The highest BCUT2D eigenvalue weighted by atomic mass is 32.1. The van der Waals surface area contributed by atoms with Crippen molar-refractivity contribution in [3.8, 4) is 5.75 Å². The molecule has 1 aromatic carbocycles. The molecular formula is C11H15NOS. The molecule has 0 unspecified atom stereocenters. The first-order valence-corrected chi connectivity index (χ1v) is 5.13. The molecule has 0 aliphatic rings. The molecule has 0 saturated carbocycles. The topological polar surface area (TPSA) is 35.2 Å². The Morgan fingerprint density at radius 2 is 2.00 bits per heavy atom. The Morgan fingerprint density at radius 1 is 1.36 bits per heavy atom. The zero-order valence-electron chi connectivity index (χ0n) is 8.32. The van der Waals surface area contributed by atoms with E-state index in [9.17, 15) is 0 Å². The number of nitrogens with two attached hydrogens (primary N) is 1. The zero-order chi connectivity index (χ0) is 10.4. The third-order valence-electron chi connectivity index (χ3n) is 1.77. The van der Waals surface area contributed by atoms with Crippen LogP contribution in [0.15, 0.2) is 24.3 Å². The van der Waals surface area contributed by atoms with E-state index in [4.69, 9.17) is 22.7 Å². The van der Waals surface area contributed by atoms with E-state index in [0.29, 0.717) is 11.4 Å². The molecule has 14 heavy (non-hydrogen) atoms. The maximum absolute atomic E-state index is 5.45. The van der Waals surface area contributed by atoms with E-state index >= 15 is 0 Å². The molecular weight excluding hydrogens is 194 g/mol. The van der Waals surface area contributed by atoms with Gasteiger partial charge in [-0.2, -0.15) is 0 Å². The van der Waals surface area contributed by atoms with Crippen molar-refractivity contribution in [1.82, 2.24) is 0 Å². The van der Waals surface area contributed by atoms with E-state index < -0.39 is 0 Å². The van der Waals surface area contributed by atoms with Crippen molar-refractivity contribution in [3.05, 3.63) is 29.8 Å². The molecule has 0 aliphatic heterocycles. The van der Waals surface area contributed by atoms with Crippen LogP contribution in [0.25, 0.3) is 0 Å². The van der Waals surface area contributed by atoms with Gasteiger partial charge in [-0.25, -0.2) is 0 Å². The van der Waals surface area contributed by atoms with Crippen LogP contribution in [0, 0.1) is 0 Å².